The van der Waals surface area contributed by atoms with E-state index < -0.39 is 11.5 Å². The zero-order valence-electron chi connectivity index (χ0n) is 18.8. The number of unbranched alkanes of at least 4 members (excludes halogenated alkanes) is 3. The van der Waals surface area contributed by atoms with E-state index >= 15 is 0 Å². The highest BCUT2D eigenvalue weighted by atomic mass is 16.3. The average Bonchev–Trinajstić information content (AvgIpc) is 2.67. The van der Waals surface area contributed by atoms with Crippen molar-refractivity contribution < 1.29 is 19.5 Å². The van der Waals surface area contributed by atoms with Crippen molar-refractivity contribution in [3.8, 4) is 0 Å². The van der Waals surface area contributed by atoms with Crippen LogP contribution in [0.1, 0.15) is 72.1 Å². The van der Waals surface area contributed by atoms with E-state index in [-0.39, 0.29) is 24.7 Å². The van der Waals surface area contributed by atoms with Crippen LogP contribution in [0.25, 0.3) is 0 Å². The van der Waals surface area contributed by atoms with Gasteiger partial charge in [0.2, 0.25) is 11.8 Å². The molecule has 28 heavy (non-hydrogen) atoms. The third-order valence-electron chi connectivity index (χ3n) is 5.02. The molecule has 0 rings (SSSR count). The van der Waals surface area contributed by atoms with Gasteiger partial charge in [0, 0.05) is 40.8 Å². The molecule has 0 radical (unpaired) electrons. The molecule has 0 saturated heterocycles. The van der Waals surface area contributed by atoms with Crippen LogP contribution in [0.15, 0.2) is 0 Å². The molecule has 7 heteroatoms. The fraction of sp³-hybridized carbons (Fsp3) is 0.857. The third-order valence-corrected chi connectivity index (χ3v) is 5.02. The number of nitrogens with zero attached hydrogens (tertiary/aromatic N) is 3. The fourth-order valence-corrected chi connectivity index (χ4v) is 2.88. The molecular formula is C21H41N3O4. The van der Waals surface area contributed by atoms with E-state index in [1.807, 2.05) is 20.8 Å². The Balaban J connectivity index is 5.36. The third kappa shape index (κ3) is 9.04. The maximum atomic E-state index is 12.9. The van der Waals surface area contributed by atoms with E-state index in [9.17, 15) is 19.5 Å². The Hall–Kier alpha value is -1.63. The van der Waals surface area contributed by atoms with Crippen molar-refractivity contribution in [2.24, 2.45) is 0 Å². The summed E-state index contributed by atoms with van der Waals surface area (Å²) in [6.45, 7) is 7.70. The minimum absolute atomic E-state index is 0.322. The van der Waals surface area contributed by atoms with Crippen molar-refractivity contribution in [2.45, 2.75) is 77.7 Å². The number of hydrogen-bond donors (Lipinski definition) is 1. The number of carbonyl (C=O) groups is 3. The van der Waals surface area contributed by atoms with Crippen molar-refractivity contribution in [2.75, 3.05) is 40.8 Å². The molecule has 3 amide bonds. The number of likely N-dealkylation sites (N-methyl/N-ethyl adjacent to an activating group) is 1. The van der Waals surface area contributed by atoms with Crippen LogP contribution in [0.3, 0.4) is 0 Å². The van der Waals surface area contributed by atoms with E-state index in [2.05, 4.69) is 0 Å². The topological polar surface area (TPSA) is 81.2 Å². The molecule has 7 nitrogen and oxygen atoms in total. The molecule has 0 aliphatic carbocycles. The molecule has 0 unspecified atom stereocenters. The first-order valence-corrected chi connectivity index (χ1v) is 10.6. The Morgan fingerprint density at radius 3 is 1.32 bits per heavy atom. The van der Waals surface area contributed by atoms with Gasteiger partial charge in [-0.2, -0.15) is 0 Å². The van der Waals surface area contributed by atoms with Crippen LogP contribution < -0.4 is 0 Å². The monoisotopic (exact) mass is 399 g/mol. The normalized spacial score (nSPS) is 11.2. The second kappa shape index (κ2) is 13.5. The Morgan fingerprint density at radius 1 is 0.679 bits per heavy atom. The predicted octanol–water partition coefficient (Wildman–Crippen LogP) is 2.27. The van der Waals surface area contributed by atoms with Gasteiger partial charge in [-0.25, -0.2) is 0 Å². The Labute approximate surface area is 171 Å². The van der Waals surface area contributed by atoms with Crippen LogP contribution in [-0.2, 0) is 14.4 Å². The Bertz CT molecular complexity index is 468. The summed E-state index contributed by atoms with van der Waals surface area (Å²) < 4.78 is 0. The van der Waals surface area contributed by atoms with Gasteiger partial charge in [0.1, 0.15) is 0 Å². The smallest absolute Gasteiger partial charge is 0.255 e. The van der Waals surface area contributed by atoms with Gasteiger partial charge in [-0.15, -0.1) is 0 Å². The largest absolute Gasteiger partial charge is 0.379 e. The lowest BCUT2D eigenvalue weighted by molar-refractivity contribution is -0.160. The van der Waals surface area contributed by atoms with Crippen LogP contribution in [0, 0.1) is 0 Å². The molecule has 0 aromatic rings. The van der Waals surface area contributed by atoms with Crippen molar-refractivity contribution in [1.82, 2.24) is 14.7 Å². The maximum Gasteiger partial charge on any atom is 0.255 e. The lowest BCUT2D eigenvalue weighted by Crippen LogP contribution is -2.53. The zero-order valence-corrected chi connectivity index (χ0v) is 18.8. The summed E-state index contributed by atoms with van der Waals surface area (Å²) >= 11 is 0. The average molecular weight is 400 g/mol. The van der Waals surface area contributed by atoms with Crippen molar-refractivity contribution in [3.63, 3.8) is 0 Å². The number of rotatable bonds is 14. The summed E-state index contributed by atoms with van der Waals surface area (Å²) in [5.74, 6) is -1.20. The summed E-state index contributed by atoms with van der Waals surface area (Å²) in [5.41, 5.74) is -2.02. The number of aliphatic hydroxyl groups is 1. The van der Waals surface area contributed by atoms with Gasteiger partial charge in [0.05, 0.1) is 12.8 Å². The first kappa shape index (κ1) is 26.4. The van der Waals surface area contributed by atoms with Crippen LogP contribution in [0.4, 0.5) is 0 Å². The summed E-state index contributed by atoms with van der Waals surface area (Å²) in [4.78, 5) is 42.6. The lowest BCUT2D eigenvalue weighted by Gasteiger charge is -2.33. The summed E-state index contributed by atoms with van der Waals surface area (Å²) in [5, 5.41) is 11.2. The summed E-state index contributed by atoms with van der Waals surface area (Å²) in [7, 11) is 4.94. The van der Waals surface area contributed by atoms with Crippen molar-refractivity contribution in [3.05, 3.63) is 0 Å². The van der Waals surface area contributed by atoms with E-state index in [1.165, 1.54) is 14.7 Å². The van der Waals surface area contributed by atoms with E-state index in [4.69, 9.17) is 0 Å². The van der Waals surface area contributed by atoms with E-state index in [0.717, 1.165) is 38.5 Å². The molecule has 0 aliphatic rings. The summed E-state index contributed by atoms with van der Waals surface area (Å²) in [6.07, 6.45) is 4.54. The molecule has 0 aromatic heterocycles. The zero-order chi connectivity index (χ0) is 21.7. The van der Waals surface area contributed by atoms with Gasteiger partial charge >= 0.3 is 0 Å². The molecule has 1 N–H and O–H groups in total. The molecule has 0 saturated carbocycles. The quantitative estimate of drug-likeness (QED) is 0.486. The van der Waals surface area contributed by atoms with Gasteiger partial charge in [0.25, 0.3) is 5.91 Å². The highest BCUT2D eigenvalue weighted by molar-refractivity contribution is 5.95. The Kier molecular flexibility index (Phi) is 12.7. The van der Waals surface area contributed by atoms with Crippen LogP contribution in [0.2, 0.25) is 0 Å². The minimum atomic E-state index is -2.02. The maximum absolute atomic E-state index is 12.9. The van der Waals surface area contributed by atoms with Crippen LogP contribution in [-0.4, -0.2) is 83.9 Å². The predicted molar refractivity (Wildman–Crippen MR) is 112 cm³/mol. The standard InChI is InChI=1S/C21H41N3O4/c1-7-10-13-22(4)18(25)16-21(28,20(27)24(6)15-12-9-3)17-19(26)23(5)14-11-8-2/h28H,7-17H2,1-6H3. The number of hydrogen-bond acceptors (Lipinski definition) is 4. The van der Waals surface area contributed by atoms with Gasteiger partial charge in [-0.05, 0) is 19.3 Å². The van der Waals surface area contributed by atoms with Crippen LogP contribution >= 0.6 is 0 Å². The molecule has 164 valence electrons. The molecule has 0 aliphatic heterocycles. The second-order valence-electron chi connectivity index (χ2n) is 7.80. The fourth-order valence-electron chi connectivity index (χ4n) is 2.88. The number of amides is 3. The minimum Gasteiger partial charge on any atom is -0.379 e. The molecule has 0 atom stereocenters. The first-order valence-electron chi connectivity index (χ1n) is 10.6. The van der Waals surface area contributed by atoms with Gasteiger partial charge in [0.15, 0.2) is 5.60 Å². The van der Waals surface area contributed by atoms with Crippen molar-refractivity contribution >= 4 is 17.7 Å². The van der Waals surface area contributed by atoms with Crippen LogP contribution in [0.5, 0.6) is 0 Å². The van der Waals surface area contributed by atoms with E-state index in [1.54, 1.807) is 21.1 Å². The molecule has 0 spiro atoms. The van der Waals surface area contributed by atoms with Gasteiger partial charge < -0.3 is 19.8 Å². The lowest BCUT2D eigenvalue weighted by atomic mass is 9.92. The molecule has 0 aromatic carbocycles. The first-order chi connectivity index (χ1) is 13.1. The van der Waals surface area contributed by atoms with Gasteiger partial charge in [-0.1, -0.05) is 40.0 Å². The van der Waals surface area contributed by atoms with E-state index in [0.29, 0.717) is 19.6 Å². The van der Waals surface area contributed by atoms with Gasteiger partial charge in [-0.3, -0.25) is 14.4 Å². The Morgan fingerprint density at radius 2 is 1.00 bits per heavy atom. The highest BCUT2D eigenvalue weighted by Gasteiger charge is 2.43. The second-order valence-corrected chi connectivity index (χ2v) is 7.80. The summed E-state index contributed by atoms with van der Waals surface area (Å²) in [6, 6.07) is 0. The molecular weight excluding hydrogens is 358 g/mol. The molecule has 0 heterocycles. The van der Waals surface area contributed by atoms with Crippen molar-refractivity contribution in [1.29, 1.82) is 0 Å². The SMILES string of the molecule is CCCCN(C)C(=O)CC(O)(CC(=O)N(C)CCCC)C(=O)N(C)CCCC. The molecule has 0 fully saturated rings. The number of carbonyl (C=O) groups excluding carboxylic acids is 3. The highest BCUT2D eigenvalue weighted by Crippen LogP contribution is 2.22. The molecule has 0 bridgehead atoms.